The van der Waals surface area contributed by atoms with Gasteiger partial charge in [0.05, 0.1) is 17.1 Å². The number of aliphatic imine (C=N–C) groups is 1. The van der Waals surface area contributed by atoms with Crippen molar-refractivity contribution in [2.24, 2.45) is 10.9 Å². The smallest absolute Gasteiger partial charge is 0.137 e. The summed E-state index contributed by atoms with van der Waals surface area (Å²) in [4.78, 5) is 12.8. The number of benzene rings is 4. The highest BCUT2D eigenvalue weighted by Crippen LogP contribution is 2.40. The Labute approximate surface area is 297 Å². The first-order valence-electron chi connectivity index (χ1n) is 18.6. The highest BCUT2D eigenvalue weighted by molar-refractivity contribution is 6.12. The lowest BCUT2D eigenvalue weighted by molar-refractivity contribution is 0.376. The summed E-state index contributed by atoms with van der Waals surface area (Å²) in [5.74, 6) is 4.90. The van der Waals surface area contributed by atoms with E-state index in [-0.39, 0.29) is 6.04 Å². The van der Waals surface area contributed by atoms with Crippen LogP contribution in [0.25, 0.3) is 27.6 Å². The highest BCUT2D eigenvalue weighted by atomic mass is 16.5. The van der Waals surface area contributed by atoms with Gasteiger partial charge >= 0.3 is 0 Å². The van der Waals surface area contributed by atoms with E-state index in [1.54, 1.807) is 0 Å². The molecule has 0 fully saturated rings. The number of aromatic nitrogens is 2. The van der Waals surface area contributed by atoms with Crippen LogP contribution in [0.4, 0.5) is 5.69 Å². The van der Waals surface area contributed by atoms with Crippen LogP contribution < -0.4 is 9.64 Å². The van der Waals surface area contributed by atoms with E-state index in [1.807, 2.05) is 18.3 Å². The van der Waals surface area contributed by atoms with Gasteiger partial charge < -0.3 is 9.64 Å². The van der Waals surface area contributed by atoms with E-state index in [0.29, 0.717) is 17.8 Å². The van der Waals surface area contributed by atoms with E-state index in [2.05, 4.69) is 142 Å². The van der Waals surface area contributed by atoms with E-state index in [1.165, 1.54) is 53.3 Å². The van der Waals surface area contributed by atoms with Gasteiger partial charge in [-0.3, -0.25) is 9.56 Å². The summed E-state index contributed by atoms with van der Waals surface area (Å²) < 4.78 is 8.91. The van der Waals surface area contributed by atoms with Crippen LogP contribution in [0.2, 0.25) is 0 Å². The molecule has 0 N–H and O–H groups in total. The average molecular weight is 663 g/mol. The average Bonchev–Trinajstić information content (AvgIpc) is 3.71. The molecule has 0 spiro atoms. The summed E-state index contributed by atoms with van der Waals surface area (Å²) in [7, 11) is 0. The number of pyridine rings is 1. The lowest BCUT2D eigenvalue weighted by atomic mass is 9.89. The third kappa shape index (κ3) is 6.42. The van der Waals surface area contributed by atoms with Crippen LogP contribution in [0, 0.1) is 5.92 Å². The topological polar surface area (TPSA) is 42.6 Å². The lowest BCUT2D eigenvalue weighted by Gasteiger charge is -2.30. The molecular weight excluding hydrogens is 613 g/mol. The molecule has 0 radical (unpaired) electrons. The van der Waals surface area contributed by atoms with Gasteiger partial charge in [0, 0.05) is 40.8 Å². The monoisotopic (exact) mass is 662 g/mol. The molecule has 0 saturated carbocycles. The summed E-state index contributed by atoms with van der Waals surface area (Å²) in [6.07, 6.45) is 6.61. The summed E-state index contributed by atoms with van der Waals surface area (Å²) in [6.45, 7) is 14.7. The Morgan fingerprint density at radius 2 is 1.38 bits per heavy atom. The number of hydrogen-bond acceptors (Lipinski definition) is 4. The molecule has 256 valence electrons. The van der Waals surface area contributed by atoms with Crippen molar-refractivity contribution in [3.05, 3.63) is 126 Å². The number of ether oxygens (including phenoxy) is 1. The number of amidine groups is 1. The molecule has 7 rings (SSSR count). The van der Waals surface area contributed by atoms with Crippen LogP contribution in [0.1, 0.15) is 95.8 Å². The summed E-state index contributed by atoms with van der Waals surface area (Å²) >= 11 is 0. The molecule has 0 aliphatic carbocycles. The Balaban J connectivity index is 1.30. The number of para-hydroxylation sites is 2. The molecular formula is C45H50N4O. The molecule has 1 atom stereocenters. The normalized spacial score (nSPS) is 14.9. The third-order valence-electron chi connectivity index (χ3n) is 10.2. The van der Waals surface area contributed by atoms with E-state index in [4.69, 9.17) is 14.7 Å². The second-order valence-electron chi connectivity index (χ2n) is 14.4. The van der Waals surface area contributed by atoms with E-state index < -0.39 is 0 Å². The number of anilines is 1. The van der Waals surface area contributed by atoms with E-state index >= 15 is 0 Å². The molecule has 2 aromatic heterocycles. The summed E-state index contributed by atoms with van der Waals surface area (Å²) in [6, 6.07) is 36.6. The van der Waals surface area contributed by atoms with E-state index in [0.717, 1.165) is 46.3 Å². The van der Waals surface area contributed by atoms with E-state index in [9.17, 15) is 0 Å². The minimum absolute atomic E-state index is 0.255. The maximum Gasteiger partial charge on any atom is 0.137 e. The Kier molecular flexibility index (Phi) is 9.76. The molecule has 5 heteroatoms. The predicted octanol–water partition coefficient (Wildman–Crippen LogP) is 12.1. The number of nitrogens with zero attached hydrogens (tertiary/aromatic N) is 4. The molecule has 0 unspecified atom stereocenters. The zero-order valence-corrected chi connectivity index (χ0v) is 30.4. The first kappa shape index (κ1) is 33.6. The van der Waals surface area contributed by atoms with Gasteiger partial charge in [0.1, 0.15) is 23.2 Å². The van der Waals surface area contributed by atoms with Gasteiger partial charge in [0.15, 0.2) is 0 Å². The molecule has 0 amide bonds. The number of rotatable bonds is 12. The van der Waals surface area contributed by atoms with Crippen molar-refractivity contribution in [1.29, 1.82) is 0 Å². The molecule has 0 bridgehead atoms. The van der Waals surface area contributed by atoms with Gasteiger partial charge in [-0.05, 0) is 84.2 Å². The van der Waals surface area contributed by atoms with Crippen LogP contribution in [-0.4, -0.2) is 28.0 Å². The molecule has 1 aliphatic rings. The third-order valence-corrected chi connectivity index (χ3v) is 10.2. The first-order valence-corrected chi connectivity index (χ1v) is 18.6. The maximum absolute atomic E-state index is 6.68. The fraction of sp³-hybridized carbons (Fsp3) is 0.333. The molecule has 3 heterocycles. The highest BCUT2D eigenvalue weighted by Gasteiger charge is 2.34. The first-order chi connectivity index (χ1) is 24.4. The maximum atomic E-state index is 6.68. The minimum Gasteiger partial charge on any atom is -0.457 e. The van der Waals surface area contributed by atoms with Crippen LogP contribution in [-0.2, 0) is 0 Å². The largest absolute Gasteiger partial charge is 0.457 e. The molecule has 5 nitrogen and oxygen atoms in total. The Morgan fingerprint density at radius 3 is 2.08 bits per heavy atom. The number of fused-ring (bicyclic) bond motifs is 3. The lowest BCUT2D eigenvalue weighted by Crippen LogP contribution is -2.34. The van der Waals surface area contributed by atoms with Crippen molar-refractivity contribution in [1.82, 2.24) is 9.55 Å². The number of hydrogen-bond donors (Lipinski definition) is 0. The van der Waals surface area contributed by atoms with Crippen molar-refractivity contribution >= 4 is 33.3 Å². The Hall–Kier alpha value is -4.90. The molecule has 0 saturated heterocycles. The van der Waals surface area contributed by atoms with Gasteiger partial charge in [0.25, 0.3) is 0 Å². The molecule has 1 aliphatic heterocycles. The SMILES string of the molecule is CCCC(CCC)[C@@H]1CN(c2c(C(C)C)cccc2C(C)C)C(c2cccc(Oc3ccc4c5ccccc5n(-c5ccccn5)c4c3)c2)=N1. The second-order valence-corrected chi connectivity index (χ2v) is 14.4. The summed E-state index contributed by atoms with van der Waals surface area (Å²) in [5, 5.41) is 2.37. The zero-order chi connectivity index (χ0) is 34.8. The van der Waals surface area contributed by atoms with Crippen molar-refractivity contribution in [2.45, 2.75) is 85.1 Å². The van der Waals surface area contributed by atoms with Crippen molar-refractivity contribution < 1.29 is 4.74 Å². The van der Waals surface area contributed by atoms with Gasteiger partial charge in [-0.25, -0.2) is 4.98 Å². The molecule has 4 aromatic carbocycles. The van der Waals surface area contributed by atoms with Crippen LogP contribution in [0.15, 0.2) is 114 Å². The van der Waals surface area contributed by atoms with Crippen LogP contribution in [0.5, 0.6) is 11.5 Å². The Morgan fingerprint density at radius 1 is 0.700 bits per heavy atom. The minimum atomic E-state index is 0.255. The fourth-order valence-corrected chi connectivity index (χ4v) is 7.90. The van der Waals surface area contributed by atoms with Crippen LogP contribution in [0.3, 0.4) is 0 Å². The standard InChI is InChI=1S/C45H50N4O/c1-7-15-32(16-8-2)40-29-48(44-36(30(3)4)20-14-21-37(44)31(5)6)45(47-40)33-17-13-18-34(27-33)50-35-24-25-39-38-19-9-10-22-41(38)49(42(39)28-35)43-23-11-12-26-46-43/h9-14,17-28,30-32,40H,7-8,15-16,29H2,1-6H3/t40-/m0/s1. The molecule has 6 aromatic rings. The second kappa shape index (κ2) is 14.5. The van der Waals surface area contributed by atoms with Gasteiger partial charge in [-0.2, -0.15) is 0 Å². The van der Waals surface area contributed by atoms with Crippen molar-refractivity contribution in [3.8, 4) is 17.3 Å². The molecule has 50 heavy (non-hydrogen) atoms. The quantitative estimate of drug-likeness (QED) is 0.131. The van der Waals surface area contributed by atoms with Gasteiger partial charge in [-0.15, -0.1) is 0 Å². The predicted molar refractivity (Wildman–Crippen MR) is 211 cm³/mol. The Bertz CT molecular complexity index is 2090. The van der Waals surface area contributed by atoms with Crippen molar-refractivity contribution in [2.75, 3.05) is 11.4 Å². The zero-order valence-electron chi connectivity index (χ0n) is 30.4. The fourth-order valence-electron chi connectivity index (χ4n) is 7.90. The van der Waals surface area contributed by atoms with Gasteiger partial charge in [-0.1, -0.05) is 109 Å². The van der Waals surface area contributed by atoms with Gasteiger partial charge in [0.2, 0.25) is 0 Å². The van der Waals surface area contributed by atoms with Crippen LogP contribution >= 0.6 is 0 Å². The summed E-state index contributed by atoms with van der Waals surface area (Å²) in [5.41, 5.74) is 7.39. The van der Waals surface area contributed by atoms with Crippen molar-refractivity contribution in [3.63, 3.8) is 0 Å².